The van der Waals surface area contributed by atoms with Crippen LogP contribution in [0.2, 0.25) is 0 Å². The van der Waals surface area contributed by atoms with Crippen molar-refractivity contribution in [1.82, 2.24) is 0 Å². The van der Waals surface area contributed by atoms with Crippen molar-refractivity contribution >= 4 is 27.9 Å². The van der Waals surface area contributed by atoms with Crippen LogP contribution in [0.5, 0.6) is 0 Å². The van der Waals surface area contributed by atoms with Crippen molar-refractivity contribution in [3.05, 3.63) is 58.7 Å². The molecular formula is C15H13Cl3Ti. The van der Waals surface area contributed by atoms with Gasteiger partial charge in [-0.05, 0) is 6.42 Å². The van der Waals surface area contributed by atoms with E-state index < -0.39 is 14.7 Å². The molecule has 19 heavy (non-hydrogen) atoms. The molecule has 0 saturated heterocycles. The maximum atomic E-state index is 4.97. The van der Waals surface area contributed by atoms with E-state index in [1.165, 1.54) is 33.4 Å². The second-order valence-corrected chi connectivity index (χ2v) is 12.3. The van der Waals surface area contributed by atoms with Gasteiger partial charge in [0.15, 0.2) is 0 Å². The number of rotatable bonds is 0. The Morgan fingerprint density at radius 3 is 2.42 bits per heavy atom. The first-order valence-electron chi connectivity index (χ1n) is 5.93. The summed E-state index contributed by atoms with van der Waals surface area (Å²) in [5.41, 5.74) is 8.26. The van der Waals surface area contributed by atoms with E-state index in [4.69, 9.17) is 27.9 Å². The first kappa shape index (κ1) is 15.4. The third kappa shape index (κ3) is 3.77. The molecule has 98 valence electrons. The van der Waals surface area contributed by atoms with Crippen LogP contribution < -0.4 is 0 Å². The summed E-state index contributed by atoms with van der Waals surface area (Å²) in [4.78, 5) is 0. The zero-order valence-corrected chi connectivity index (χ0v) is 14.6. The molecule has 2 aromatic rings. The van der Waals surface area contributed by atoms with Crippen LogP contribution in [-0.4, -0.2) is 0 Å². The van der Waals surface area contributed by atoms with Crippen LogP contribution in [0, 0.1) is 19.9 Å². The molecule has 0 bridgehead atoms. The molecule has 0 atom stereocenters. The molecule has 0 N–H and O–H groups in total. The zero-order valence-electron chi connectivity index (χ0n) is 10.7. The van der Waals surface area contributed by atoms with Crippen LogP contribution in [0.3, 0.4) is 0 Å². The first-order chi connectivity index (χ1) is 8.99. The minimum atomic E-state index is -1.92. The molecule has 0 heterocycles. The molecule has 3 rings (SSSR count). The van der Waals surface area contributed by atoms with Crippen LogP contribution in [0.15, 0.2) is 30.3 Å². The van der Waals surface area contributed by atoms with Crippen molar-refractivity contribution in [3.8, 4) is 11.1 Å². The van der Waals surface area contributed by atoms with Gasteiger partial charge >= 0.3 is 42.6 Å². The molecular weight excluding hydrogens is 334 g/mol. The van der Waals surface area contributed by atoms with Crippen LogP contribution in [-0.2, 0) is 21.1 Å². The fourth-order valence-electron chi connectivity index (χ4n) is 2.59. The van der Waals surface area contributed by atoms with Crippen LogP contribution in [0.4, 0.5) is 0 Å². The fraction of sp³-hybridized carbons (Fsp3) is 0.200. The molecule has 0 fully saturated rings. The fourth-order valence-corrected chi connectivity index (χ4v) is 2.59. The van der Waals surface area contributed by atoms with E-state index in [1.807, 2.05) is 0 Å². The Labute approximate surface area is 132 Å². The number of hydrogen-bond acceptors (Lipinski definition) is 0. The van der Waals surface area contributed by atoms with Gasteiger partial charge in [-0.15, -0.1) is 11.1 Å². The molecule has 0 saturated carbocycles. The third-order valence-corrected chi connectivity index (χ3v) is 3.13. The van der Waals surface area contributed by atoms with Gasteiger partial charge in [0.05, 0.1) is 0 Å². The van der Waals surface area contributed by atoms with Crippen LogP contribution >= 0.6 is 27.9 Å². The maximum absolute atomic E-state index is 4.97. The summed E-state index contributed by atoms with van der Waals surface area (Å²) in [5.74, 6) is 0. The predicted octanol–water partition coefficient (Wildman–Crippen LogP) is 5.74. The Morgan fingerprint density at radius 1 is 1.11 bits per heavy atom. The van der Waals surface area contributed by atoms with Crippen molar-refractivity contribution in [2.75, 3.05) is 0 Å². The summed E-state index contributed by atoms with van der Waals surface area (Å²) >= 11 is -1.92. The molecule has 0 amide bonds. The van der Waals surface area contributed by atoms with Gasteiger partial charge in [0.2, 0.25) is 0 Å². The summed E-state index contributed by atoms with van der Waals surface area (Å²) < 4.78 is 0. The molecule has 0 aromatic heterocycles. The van der Waals surface area contributed by atoms with Gasteiger partial charge in [0.25, 0.3) is 0 Å². The summed E-state index contributed by atoms with van der Waals surface area (Å²) in [7, 11) is 14.9. The van der Waals surface area contributed by atoms with E-state index in [-0.39, 0.29) is 0 Å². The van der Waals surface area contributed by atoms with Gasteiger partial charge in [-0.1, -0.05) is 49.2 Å². The quantitative estimate of drug-likeness (QED) is 0.359. The van der Waals surface area contributed by atoms with Crippen LogP contribution in [0.25, 0.3) is 11.1 Å². The van der Waals surface area contributed by atoms with Crippen molar-refractivity contribution in [2.24, 2.45) is 0 Å². The zero-order chi connectivity index (χ0) is 14.0. The van der Waals surface area contributed by atoms with Crippen molar-refractivity contribution < 1.29 is 14.7 Å². The number of fused-ring (bicyclic) bond motifs is 3. The number of benzene rings is 2. The topological polar surface area (TPSA) is 0 Å². The second-order valence-electron chi connectivity index (χ2n) is 4.54. The summed E-state index contributed by atoms with van der Waals surface area (Å²) in [6, 6.07) is 14.4. The summed E-state index contributed by atoms with van der Waals surface area (Å²) in [6.45, 7) is 4.32. The van der Waals surface area contributed by atoms with Crippen molar-refractivity contribution in [2.45, 2.75) is 20.3 Å². The van der Waals surface area contributed by atoms with Crippen molar-refractivity contribution in [3.63, 3.8) is 0 Å². The number of hydrogen-bond donors (Lipinski definition) is 0. The van der Waals surface area contributed by atoms with Gasteiger partial charge in [0.1, 0.15) is 0 Å². The van der Waals surface area contributed by atoms with Crippen LogP contribution in [0.1, 0.15) is 22.3 Å². The Balaban J connectivity index is 0.000000297. The second kappa shape index (κ2) is 6.65. The SMILES string of the molecule is Cc1[c-]c2c(c(C)c1)-c1ccccc1C2.[Cl][Ti+]([Cl])[Cl]. The van der Waals surface area contributed by atoms with Crippen molar-refractivity contribution in [1.29, 1.82) is 0 Å². The normalized spacial score (nSPS) is 11.2. The van der Waals surface area contributed by atoms with Gasteiger partial charge in [-0.3, -0.25) is 0 Å². The van der Waals surface area contributed by atoms with E-state index >= 15 is 0 Å². The average molecular weight is 347 g/mol. The molecule has 2 aromatic carbocycles. The molecule has 0 nitrogen and oxygen atoms in total. The van der Waals surface area contributed by atoms with E-state index in [1.54, 1.807) is 0 Å². The molecule has 4 heteroatoms. The van der Waals surface area contributed by atoms with Gasteiger partial charge in [-0.25, -0.2) is 0 Å². The first-order valence-corrected chi connectivity index (χ1v) is 12.4. The molecule has 0 radical (unpaired) electrons. The third-order valence-electron chi connectivity index (χ3n) is 3.13. The Morgan fingerprint density at radius 2 is 1.74 bits per heavy atom. The molecule has 1 aliphatic carbocycles. The number of aryl methyl sites for hydroxylation is 2. The van der Waals surface area contributed by atoms with Gasteiger partial charge < -0.3 is 0 Å². The monoisotopic (exact) mass is 346 g/mol. The van der Waals surface area contributed by atoms with E-state index in [9.17, 15) is 0 Å². The number of halogens is 3. The Kier molecular flexibility index (Phi) is 5.40. The predicted molar refractivity (Wildman–Crippen MR) is 80.6 cm³/mol. The standard InChI is InChI=1S/C15H13.3ClH.Ti/c1-10-7-11(2)15-13(8-10)9-12-5-3-4-6-14(12)15;;;;/h3-7H,9H2,1-2H3;3*1H;/q-1;;;;+4/p-3. The van der Waals surface area contributed by atoms with E-state index in [0.29, 0.717) is 0 Å². The van der Waals surface area contributed by atoms with E-state index in [0.717, 1.165) is 6.42 Å². The minimum absolute atomic E-state index is 1.05. The Hall–Kier alpha value is 0.0243. The molecule has 1 aliphatic rings. The summed E-state index contributed by atoms with van der Waals surface area (Å²) in [5, 5.41) is 0. The molecule has 0 spiro atoms. The Bertz CT molecular complexity index is 591. The van der Waals surface area contributed by atoms with Gasteiger partial charge in [-0.2, -0.15) is 23.3 Å². The van der Waals surface area contributed by atoms with Gasteiger partial charge in [0, 0.05) is 0 Å². The average Bonchev–Trinajstić information content (AvgIpc) is 2.65. The summed E-state index contributed by atoms with van der Waals surface area (Å²) in [6.07, 6.45) is 1.05. The molecule has 0 unspecified atom stereocenters. The molecule has 0 aliphatic heterocycles. The van der Waals surface area contributed by atoms with E-state index in [2.05, 4.69) is 50.2 Å².